The first-order valence-electron chi connectivity index (χ1n) is 11.8. The number of ether oxygens (including phenoxy) is 1. The number of unbranched alkanes of at least 4 members (excludes halogenated alkanes) is 1. The minimum absolute atomic E-state index is 0.317. The van der Waals surface area contributed by atoms with Crippen LogP contribution in [0.4, 0.5) is 0 Å². The van der Waals surface area contributed by atoms with Gasteiger partial charge in [-0.3, -0.25) is 14.6 Å². The fourth-order valence-electron chi connectivity index (χ4n) is 2.78. The number of carbonyl (C=O) groups excluding carboxylic acids is 2. The Balaban J connectivity index is 2.04. The molecule has 1 unspecified atom stereocenters. The molecule has 0 saturated heterocycles. The average molecular weight is 451 g/mol. The smallest absolute Gasteiger partial charge is 0.307 e. The molecular weight excluding hydrogens is 412 g/mol. The molecule has 1 N–H and O–H groups in total. The molecule has 1 aromatic rings. The van der Waals surface area contributed by atoms with E-state index in [4.69, 9.17) is 4.74 Å². The van der Waals surface area contributed by atoms with Crippen LogP contribution in [-0.4, -0.2) is 23.1 Å². The van der Waals surface area contributed by atoms with E-state index in [1.54, 1.807) is 25.3 Å². The first kappa shape index (κ1) is 27.8. The molecule has 33 heavy (non-hydrogen) atoms. The molecule has 5 heteroatoms. The number of nitrogens with zero attached hydrogens (tertiary/aromatic N) is 1. The summed E-state index contributed by atoms with van der Waals surface area (Å²) in [6.45, 7) is 3.78. The molecule has 0 fully saturated rings. The summed E-state index contributed by atoms with van der Waals surface area (Å²) in [4.78, 5) is 27.8. The van der Waals surface area contributed by atoms with Gasteiger partial charge in [0, 0.05) is 18.8 Å². The third kappa shape index (κ3) is 16.1. The number of hydrogen-bond donors (Lipinski definition) is 1. The van der Waals surface area contributed by atoms with Gasteiger partial charge in [0.25, 0.3) is 5.91 Å². The van der Waals surface area contributed by atoms with Gasteiger partial charge in [0.2, 0.25) is 0 Å². The predicted octanol–water partition coefficient (Wildman–Crippen LogP) is 6.62. The molecule has 1 heterocycles. The van der Waals surface area contributed by atoms with Gasteiger partial charge in [-0.05, 0) is 64.0 Å². The number of pyridine rings is 1. The normalized spacial score (nSPS) is 13.0. The van der Waals surface area contributed by atoms with Crippen LogP contribution in [0.25, 0.3) is 0 Å². The number of rotatable bonds is 16. The first-order valence-corrected chi connectivity index (χ1v) is 11.8. The van der Waals surface area contributed by atoms with Crippen molar-refractivity contribution >= 4 is 11.9 Å². The Hall–Kier alpha value is -3.21. The largest absolute Gasteiger partial charge is 0.442 e. The van der Waals surface area contributed by atoms with Crippen LogP contribution < -0.4 is 5.32 Å². The molecule has 1 amide bonds. The van der Waals surface area contributed by atoms with Crippen LogP contribution in [0.1, 0.15) is 75.6 Å². The van der Waals surface area contributed by atoms with Crippen molar-refractivity contribution in [1.29, 1.82) is 0 Å². The summed E-state index contributed by atoms with van der Waals surface area (Å²) in [6, 6.07) is 3.34. The molecule has 0 aromatic carbocycles. The van der Waals surface area contributed by atoms with Gasteiger partial charge >= 0.3 is 5.97 Å². The van der Waals surface area contributed by atoms with Crippen LogP contribution in [0.5, 0.6) is 0 Å². The number of aromatic nitrogens is 1. The highest BCUT2D eigenvalue weighted by Gasteiger charge is 2.13. The molecule has 1 atom stereocenters. The second kappa shape index (κ2) is 19.5. The molecule has 1 aromatic heterocycles. The Kier molecular flexibility index (Phi) is 16.4. The van der Waals surface area contributed by atoms with Gasteiger partial charge in [0.05, 0.1) is 5.56 Å². The number of amides is 1. The third-order valence-electron chi connectivity index (χ3n) is 4.48. The highest BCUT2D eigenvalue weighted by atomic mass is 16.6. The molecule has 1 rings (SSSR count). The fraction of sp³-hybridized carbons (Fsp3) is 0.393. The van der Waals surface area contributed by atoms with E-state index in [-0.39, 0.29) is 11.9 Å². The van der Waals surface area contributed by atoms with E-state index in [1.807, 2.05) is 0 Å². The molecule has 0 aliphatic carbocycles. The maximum absolute atomic E-state index is 12.0. The number of esters is 1. The lowest BCUT2D eigenvalue weighted by atomic mass is 10.2. The van der Waals surface area contributed by atoms with Gasteiger partial charge in [-0.25, -0.2) is 0 Å². The molecule has 5 nitrogen and oxygen atoms in total. The van der Waals surface area contributed by atoms with E-state index in [9.17, 15) is 9.59 Å². The summed E-state index contributed by atoms with van der Waals surface area (Å²) in [5, 5.41) is 2.63. The quantitative estimate of drug-likeness (QED) is 0.133. The molecule has 0 radical (unpaired) electrons. The molecule has 0 bridgehead atoms. The lowest BCUT2D eigenvalue weighted by Crippen LogP contribution is -2.36. The standard InChI is InChI=1S/C28H38N2O3/c1-3-4-5-6-7-8-9-10-11-12-13-14-15-16-17-18-19-22-27(31)33-25(2)30-28(32)26-21-20-23-29-24-26/h4-5,7-8,10-11,13-14,16-17,20-21,23-25H,3,6,9,12,15,18-19,22H2,1-2H3,(H,30,32)/b5-4-,8-7-,11-10-,14-13-,17-16?. The van der Waals surface area contributed by atoms with E-state index < -0.39 is 6.23 Å². The summed E-state index contributed by atoms with van der Waals surface area (Å²) < 4.78 is 5.23. The Bertz CT molecular complexity index is 808. The van der Waals surface area contributed by atoms with Crippen LogP contribution in [0.15, 0.2) is 85.3 Å². The van der Waals surface area contributed by atoms with E-state index in [0.717, 1.165) is 38.5 Å². The third-order valence-corrected chi connectivity index (χ3v) is 4.48. The zero-order valence-electron chi connectivity index (χ0n) is 20.0. The van der Waals surface area contributed by atoms with Gasteiger partial charge in [-0.1, -0.05) is 67.7 Å². The highest BCUT2D eigenvalue weighted by molar-refractivity contribution is 5.94. The number of allylic oxidation sites excluding steroid dienone is 10. The van der Waals surface area contributed by atoms with Crippen molar-refractivity contribution in [3.63, 3.8) is 0 Å². The van der Waals surface area contributed by atoms with Crippen molar-refractivity contribution < 1.29 is 14.3 Å². The summed E-state index contributed by atoms with van der Waals surface area (Å²) in [7, 11) is 0. The van der Waals surface area contributed by atoms with Gasteiger partial charge in [0.1, 0.15) is 0 Å². The van der Waals surface area contributed by atoms with Crippen molar-refractivity contribution in [3.05, 3.63) is 90.9 Å². The SMILES string of the molecule is CC/C=C\C/C=C\C/C=C\C/C=C\CC=CCCCC(=O)OC(C)NC(=O)c1cccnc1. The van der Waals surface area contributed by atoms with E-state index in [1.165, 1.54) is 6.20 Å². The Morgan fingerprint density at radius 3 is 2.06 bits per heavy atom. The molecule has 0 aliphatic heterocycles. The van der Waals surface area contributed by atoms with Crippen molar-refractivity contribution in [2.24, 2.45) is 0 Å². The molecule has 0 aliphatic rings. The van der Waals surface area contributed by atoms with Crippen molar-refractivity contribution in [3.8, 4) is 0 Å². The maximum Gasteiger partial charge on any atom is 0.307 e. The first-order chi connectivity index (χ1) is 16.1. The second-order valence-corrected chi connectivity index (χ2v) is 7.45. The fourth-order valence-corrected chi connectivity index (χ4v) is 2.78. The Morgan fingerprint density at radius 2 is 1.52 bits per heavy atom. The van der Waals surface area contributed by atoms with Crippen molar-refractivity contribution in [2.75, 3.05) is 0 Å². The number of carbonyl (C=O) groups is 2. The molecule has 0 saturated carbocycles. The Labute approximate surface area is 199 Å². The van der Waals surface area contributed by atoms with Gasteiger partial charge in [-0.2, -0.15) is 0 Å². The van der Waals surface area contributed by atoms with Crippen LogP contribution in [0.2, 0.25) is 0 Å². The zero-order valence-corrected chi connectivity index (χ0v) is 20.0. The zero-order chi connectivity index (χ0) is 24.0. The molecular formula is C28H38N2O3. The van der Waals surface area contributed by atoms with Crippen LogP contribution in [0, 0.1) is 0 Å². The minimum atomic E-state index is -0.682. The van der Waals surface area contributed by atoms with E-state index in [2.05, 4.69) is 78.0 Å². The van der Waals surface area contributed by atoms with Gasteiger partial charge in [-0.15, -0.1) is 0 Å². The molecule has 178 valence electrons. The topological polar surface area (TPSA) is 68.3 Å². The predicted molar refractivity (Wildman–Crippen MR) is 136 cm³/mol. The lowest BCUT2D eigenvalue weighted by molar-refractivity contribution is -0.149. The summed E-state index contributed by atoms with van der Waals surface area (Å²) >= 11 is 0. The van der Waals surface area contributed by atoms with Crippen LogP contribution in [-0.2, 0) is 9.53 Å². The summed E-state index contributed by atoms with van der Waals surface area (Å²) in [5.74, 6) is -0.636. The minimum Gasteiger partial charge on any atom is -0.442 e. The van der Waals surface area contributed by atoms with E-state index >= 15 is 0 Å². The lowest BCUT2D eigenvalue weighted by Gasteiger charge is -2.14. The van der Waals surface area contributed by atoms with Crippen molar-refractivity contribution in [1.82, 2.24) is 10.3 Å². The van der Waals surface area contributed by atoms with Gasteiger partial charge < -0.3 is 10.1 Å². The maximum atomic E-state index is 12.0. The monoisotopic (exact) mass is 450 g/mol. The average Bonchev–Trinajstić information content (AvgIpc) is 2.81. The van der Waals surface area contributed by atoms with Crippen molar-refractivity contribution in [2.45, 2.75) is 71.4 Å². The van der Waals surface area contributed by atoms with E-state index in [0.29, 0.717) is 18.4 Å². The highest BCUT2D eigenvalue weighted by Crippen LogP contribution is 2.03. The van der Waals surface area contributed by atoms with Crippen LogP contribution in [0.3, 0.4) is 0 Å². The van der Waals surface area contributed by atoms with Gasteiger partial charge in [0.15, 0.2) is 6.23 Å². The Morgan fingerprint density at radius 1 is 0.939 bits per heavy atom. The molecule has 0 spiro atoms. The summed E-state index contributed by atoms with van der Waals surface area (Å²) in [6.07, 6.45) is 30.8. The number of hydrogen-bond acceptors (Lipinski definition) is 4. The summed E-state index contributed by atoms with van der Waals surface area (Å²) in [5.41, 5.74) is 0.429. The number of nitrogens with one attached hydrogen (secondary N) is 1. The van der Waals surface area contributed by atoms with Crippen LogP contribution >= 0.6 is 0 Å². The second-order valence-electron chi connectivity index (χ2n) is 7.45.